The maximum Gasteiger partial charge on any atom is 0.228 e. The number of thiazole rings is 1. The first-order chi connectivity index (χ1) is 6.65. The number of nitrogens with zero attached hydrogens (tertiary/aromatic N) is 1. The average Bonchev–Trinajstić information content (AvgIpc) is 2.49. The summed E-state index contributed by atoms with van der Waals surface area (Å²) >= 11 is 1.39. The first-order valence-electron chi connectivity index (χ1n) is 4.59. The van der Waals surface area contributed by atoms with Crippen LogP contribution >= 0.6 is 11.3 Å². The van der Waals surface area contributed by atoms with Crippen LogP contribution in [0.2, 0.25) is 0 Å². The second kappa shape index (κ2) is 4.95. The van der Waals surface area contributed by atoms with Gasteiger partial charge in [-0.15, -0.1) is 11.3 Å². The number of nitrogens with two attached hydrogens (primary N) is 1. The van der Waals surface area contributed by atoms with E-state index in [2.05, 4.69) is 11.9 Å². The molecule has 5 heteroatoms. The van der Waals surface area contributed by atoms with Crippen LogP contribution in [-0.4, -0.2) is 17.4 Å². The third kappa shape index (κ3) is 2.70. The van der Waals surface area contributed by atoms with Crippen molar-refractivity contribution in [1.29, 1.82) is 5.41 Å². The number of ether oxygens (including phenoxy) is 1. The molecule has 4 nitrogen and oxygen atoms in total. The minimum atomic E-state index is 0.00319. The summed E-state index contributed by atoms with van der Waals surface area (Å²) in [5.74, 6) is 0.622. The number of amidine groups is 1. The molecule has 0 saturated heterocycles. The average molecular weight is 213 g/mol. The van der Waals surface area contributed by atoms with E-state index in [9.17, 15) is 0 Å². The van der Waals surface area contributed by atoms with Gasteiger partial charge in [0.05, 0.1) is 11.5 Å². The van der Waals surface area contributed by atoms with Gasteiger partial charge in [-0.3, -0.25) is 5.41 Å². The van der Waals surface area contributed by atoms with E-state index < -0.39 is 0 Å². The summed E-state index contributed by atoms with van der Waals surface area (Å²) in [5.41, 5.74) is 5.33. The van der Waals surface area contributed by atoms with Crippen molar-refractivity contribution < 1.29 is 4.74 Å². The van der Waals surface area contributed by atoms with Crippen LogP contribution in [0.15, 0.2) is 0 Å². The van der Waals surface area contributed by atoms with Crippen molar-refractivity contribution in [2.45, 2.75) is 26.7 Å². The second-order valence-electron chi connectivity index (χ2n) is 3.00. The molecule has 0 aliphatic rings. The van der Waals surface area contributed by atoms with Crippen LogP contribution in [0.4, 0.5) is 0 Å². The van der Waals surface area contributed by atoms with E-state index in [-0.39, 0.29) is 5.84 Å². The number of nitrogens with one attached hydrogen (secondary N) is 1. The molecule has 0 aliphatic heterocycles. The zero-order valence-electron chi connectivity index (χ0n) is 8.46. The Labute approximate surface area is 87.6 Å². The van der Waals surface area contributed by atoms with Crippen molar-refractivity contribution in [2.75, 3.05) is 6.61 Å². The molecule has 3 N–H and O–H groups in total. The highest BCUT2D eigenvalue weighted by molar-refractivity contribution is 7.13. The quantitative estimate of drug-likeness (QED) is 0.446. The lowest BCUT2D eigenvalue weighted by Gasteiger charge is -2.01. The lowest BCUT2D eigenvalue weighted by Crippen LogP contribution is -2.10. The Morgan fingerprint density at radius 2 is 2.36 bits per heavy atom. The van der Waals surface area contributed by atoms with E-state index in [4.69, 9.17) is 15.9 Å². The number of unbranched alkanes of at least 4 members (excludes halogenated alkanes) is 1. The van der Waals surface area contributed by atoms with Gasteiger partial charge in [-0.05, 0) is 13.3 Å². The number of rotatable bonds is 5. The van der Waals surface area contributed by atoms with Gasteiger partial charge in [0.15, 0.2) is 10.8 Å². The highest BCUT2D eigenvalue weighted by Crippen LogP contribution is 2.23. The topological polar surface area (TPSA) is 72.0 Å². The Bertz CT molecular complexity index is 322. The largest absolute Gasteiger partial charge is 0.477 e. The van der Waals surface area contributed by atoms with Crippen LogP contribution in [-0.2, 0) is 0 Å². The standard InChI is InChI=1S/C9H15N3OS/c1-3-4-5-13-8-6(2)14-9(12-8)7(10)11/h3-5H2,1-2H3,(H3,10,11). The molecular formula is C9H15N3OS. The van der Waals surface area contributed by atoms with Gasteiger partial charge >= 0.3 is 0 Å². The minimum absolute atomic E-state index is 0.00319. The monoisotopic (exact) mass is 213 g/mol. The van der Waals surface area contributed by atoms with Gasteiger partial charge in [0.1, 0.15) is 0 Å². The fraction of sp³-hybridized carbons (Fsp3) is 0.556. The van der Waals surface area contributed by atoms with Crippen molar-refractivity contribution in [2.24, 2.45) is 5.73 Å². The number of nitrogen functional groups attached to an aromatic ring is 1. The van der Waals surface area contributed by atoms with E-state index in [0.29, 0.717) is 17.5 Å². The molecule has 1 heterocycles. The molecule has 0 bridgehead atoms. The summed E-state index contributed by atoms with van der Waals surface area (Å²) < 4.78 is 5.46. The molecule has 0 radical (unpaired) electrons. The molecule has 0 unspecified atom stereocenters. The molecule has 1 aromatic rings. The molecular weight excluding hydrogens is 198 g/mol. The van der Waals surface area contributed by atoms with E-state index in [1.165, 1.54) is 11.3 Å². The lowest BCUT2D eigenvalue weighted by atomic mass is 10.4. The van der Waals surface area contributed by atoms with Gasteiger partial charge < -0.3 is 10.5 Å². The Balaban J connectivity index is 2.63. The third-order valence-electron chi connectivity index (χ3n) is 1.72. The molecule has 14 heavy (non-hydrogen) atoms. The zero-order valence-corrected chi connectivity index (χ0v) is 9.28. The number of hydrogen-bond acceptors (Lipinski definition) is 4. The summed E-state index contributed by atoms with van der Waals surface area (Å²) in [7, 11) is 0. The van der Waals surface area contributed by atoms with Crippen molar-refractivity contribution in [3.63, 3.8) is 0 Å². The van der Waals surface area contributed by atoms with E-state index in [1.54, 1.807) is 0 Å². The lowest BCUT2D eigenvalue weighted by molar-refractivity contribution is 0.297. The van der Waals surface area contributed by atoms with Crippen molar-refractivity contribution in [3.05, 3.63) is 9.88 Å². The summed E-state index contributed by atoms with van der Waals surface area (Å²) in [5, 5.41) is 7.76. The molecule has 0 amide bonds. The highest BCUT2D eigenvalue weighted by Gasteiger charge is 2.09. The van der Waals surface area contributed by atoms with Gasteiger partial charge in [0.25, 0.3) is 0 Å². The van der Waals surface area contributed by atoms with E-state index >= 15 is 0 Å². The maximum atomic E-state index is 7.23. The van der Waals surface area contributed by atoms with Gasteiger partial charge in [-0.2, -0.15) is 4.98 Å². The van der Waals surface area contributed by atoms with Crippen molar-refractivity contribution >= 4 is 17.2 Å². The van der Waals surface area contributed by atoms with Gasteiger partial charge in [-0.1, -0.05) is 13.3 Å². The fourth-order valence-corrected chi connectivity index (χ4v) is 1.67. The first kappa shape index (κ1) is 11.0. The molecule has 0 spiro atoms. The molecule has 78 valence electrons. The summed E-state index contributed by atoms with van der Waals surface area (Å²) in [6.07, 6.45) is 2.12. The number of aryl methyl sites for hydroxylation is 1. The van der Waals surface area contributed by atoms with Crippen LogP contribution in [0.25, 0.3) is 0 Å². The SMILES string of the molecule is CCCCOc1nc(C(=N)N)sc1C. The molecule has 0 atom stereocenters. The summed E-state index contributed by atoms with van der Waals surface area (Å²) in [6, 6.07) is 0. The Morgan fingerprint density at radius 3 is 2.86 bits per heavy atom. The molecule has 0 aliphatic carbocycles. The van der Waals surface area contributed by atoms with Gasteiger partial charge in [-0.25, -0.2) is 0 Å². The second-order valence-corrected chi connectivity index (χ2v) is 4.20. The normalized spacial score (nSPS) is 10.1. The third-order valence-corrected chi connectivity index (χ3v) is 2.71. The smallest absolute Gasteiger partial charge is 0.228 e. The number of hydrogen-bond donors (Lipinski definition) is 2. The van der Waals surface area contributed by atoms with Crippen LogP contribution < -0.4 is 10.5 Å². The van der Waals surface area contributed by atoms with E-state index in [0.717, 1.165) is 17.7 Å². The number of aromatic nitrogens is 1. The van der Waals surface area contributed by atoms with Crippen LogP contribution in [0.5, 0.6) is 5.88 Å². The predicted molar refractivity (Wildman–Crippen MR) is 58.3 cm³/mol. The molecule has 1 rings (SSSR count). The zero-order chi connectivity index (χ0) is 10.6. The molecule has 0 saturated carbocycles. The van der Waals surface area contributed by atoms with Gasteiger partial charge in [0.2, 0.25) is 5.88 Å². The predicted octanol–water partition coefficient (Wildman–Crippen LogP) is 1.91. The van der Waals surface area contributed by atoms with E-state index in [1.807, 2.05) is 6.92 Å². The maximum absolute atomic E-state index is 7.23. The van der Waals surface area contributed by atoms with Crippen LogP contribution in [0, 0.1) is 12.3 Å². The van der Waals surface area contributed by atoms with Crippen LogP contribution in [0.3, 0.4) is 0 Å². The Kier molecular flexibility index (Phi) is 3.88. The van der Waals surface area contributed by atoms with Gasteiger partial charge in [0, 0.05) is 0 Å². The molecule has 1 aromatic heterocycles. The molecule has 0 aromatic carbocycles. The molecule has 0 fully saturated rings. The first-order valence-corrected chi connectivity index (χ1v) is 5.41. The van der Waals surface area contributed by atoms with Crippen molar-refractivity contribution in [1.82, 2.24) is 4.98 Å². The minimum Gasteiger partial charge on any atom is -0.477 e. The highest BCUT2D eigenvalue weighted by atomic mass is 32.1. The summed E-state index contributed by atoms with van der Waals surface area (Å²) in [6.45, 7) is 4.71. The fourth-order valence-electron chi connectivity index (χ4n) is 0.945. The van der Waals surface area contributed by atoms with Crippen LogP contribution in [0.1, 0.15) is 29.7 Å². The summed E-state index contributed by atoms with van der Waals surface area (Å²) in [4.78, 5) is 5.11. The Hall–Kier alpha value is -1.10. The Morgan fingerprint density at radius 1 is 1.64 bits per heavy atom. The van der Waals surface area contributed by atoms with Crippen molar-refractivity contribution in [3.8, 4) is 5.88 Å².